The van der Waals surface area contributed by atoms with Crippen molar-refractivity contribution in [3.8, 4) is 17.5 Å². The smallest absolute Gasteiger partial charge is 0.336 e. The Labute approximate surface area is 186 Å². The van der Waals surface area contributed by atoms with Crippen LogP contribution in [0.25, 0.3) is 11.8 Å². The summed E-state index contributed by atoms with van der Waals surface area (Å²) in [5, 5.41) is 21.7. The van der Waals surface area contributed by atoms with Crippen LogP contribution in [0.3, 0.4) is 0 Å². The summed E-state index contributed by atoms with van der Waals surface area (Å²) in [4.78, 5) is 24.2. The number of rotatable bonds is 6. The van der Waals surface area contributed by atoms with Gasteiger partial charge in [-0.1, -0.05) is 6.07 Å². The zero-order chi connectivity index (χ0) is 23.4. The molecule has 0 bridgehead atoms. The Morgan fingerprint density at radius 1 is 1.12 bits per heavy atom. The van der Waals surface area contributed by atoms with Gasteiger partial charge in [0.1, 0.15) is 17.4 Å². The number of methoxy groups -OCH3 is 1. The second-order valence-electron chi connectivity index (χ2n) is 7.27. The highest BCUT2D eigenvalue weighted by Gasteiger charge is 2.17. The van der Waals surface area contributed by atoms with Crippen molar-refractivity contribution in [3.63, 3.8) is 0 Å². The van der Waals surface area contributed by atoms with Crippen molar-refractivity contribution < 1.29 is 19.4 Å². The van der Waals surface area contributed by atoms with Gasteiger partial charge in [0.25, 0.3) is 5.91 Å². The number of aromatic nitrogens is 1. The van der Waals surface area contributed by atoms with Crippen LogP contribution in [0.2, 0.25) is 0 Å². The molecule has 7 nitrogen and oxygen atoms in total. The highest BCUT2D eigenvalue weighted by molar-refractivity contribution is 6.09. The van der Waals surface area contributed by atoms with Crippen LogP contribution in [0.4, 0.5) is 5.69 Å². The van der Waals surface area contributed by atoms with E-state index in [0.717, 1.165) is 17.1 Å². The summed E-state index contributed by atoms with van der Waals surface area (Å²) < 4.78 is 7.02. The topological polar surface area (TPSA) is 104 Å². The van der Waals surface area contributed by atoms with E-state index < -0.39 is 11.9 Å². The van der Waals surface area contributed by atoms with Crippen molar-refractivity contribution >= 4 is 23.6 Å². The molecule has 1 aromatic heterocycles. The van der Waals surface area contributed by atoms with E-state index in [2.05, 4.69) is 5.32 Å². The maximum absolute atomic E-state index is 12.6. The number of amides is 1. The summed E-state index contributed by atoms with van der Waals surface area (Å²) in [5.74, 6) is -0.853. The molecule has 0 spiro atoms. The van der Waals surface area contributed by atoms with Gasteiger partial charge in [-0.2, -0.15) is 5.26 Å². The molecule has 0 saturated carbocycles. The minimum absolute atomic E-state index is 0.0444. The number of hydrogen-bond acceptors (Lipinski definition) is 4. The first kappa shape index (κ1) is 22.4. The quantitative estimate of drug-likeness (QED) is 0.438. The van der Waals surface area contributed by atoms with E-state index in [9.17, 15) is 20.0 Å². The Morgan fingerprint density at radius 3 is 2.41 bits per heavy atom. The van der Waals surface area contributed by atoms with Gasteiger partial charge in [0.05, 0.1) is 12.7 Å². The summed E-state index contributed by atoms with van der Waals surface area (Å²) in [6, 6.07) is 15.7. The summed E-state index contributed by atoms with van der Waals surface area (Å²) in [7, 11) is 1.56. The molecule has 0 aliphatic rings. The first-order valence-corrected chi connectivity index (χ1v) is 9.86. The molecule has 0 aliphatic heterocycles. The maximum atomic E-state index is 12.6. The molecule has 32 heavy (non-hydrogen) atoms. The highest BCUT2D eigenvalue weighted by atomic mass is 16.5. The zero-order valence-electron chi connectivity index (χ0n) is 18.3. The van der Waals surface area contributed by atoms with E-state index in [1.165, 1.54) is 6.08 Å². The highest BCUT2D eigenvalue weighted by Crippen LogP contribution is 2.27. The second-order valence-corrected chi connectivity index (χ2v) is 7.27. The molecule has 7 heteroatoms. The minimum atomic E-state index is -0.992. The number of carbonyl (C=O) groups excluding carboxylic acids is 1. The molecule has 0 atom stereocenters. The Balaban J connectivity index is 1.96. The second kappa shape index (κ2) is 9.23. The number of ether oxygens (including phenoxy) is 1. The third-order valence-electron chi connectivity index (χ3n) is 5.26. The van der Waals surface area contributed by atoms with Crippen molar-refractivity contribution in [3.05, 3.63) is 82.2 Å². The normalized spacial score (nSPS) is 11.0. The lowest BCUT2D eigenvalue weighted by Gasteiger charge is -2.14. The molecule has 1 heterocycles. The molecule has 0 fully saturated rings. The molecule has 1 amide bonds. The van der Waals surface area contributed by atoms with Crippen LogP contribution in [0.15, 0.2) is 54.1 Å². The first-order chi connectivity index (χ1) is 15.3. The molecule has 162 valence electrons. The molecule has 2 aromatic carbocycles. The van der Waals surface area contributed by atoms with Gasteiger partial charge in [0.2, 0.25) is 0 Å². The number of hydrogen-bond donors (Lipinski definition) is 2. The lowest BCUT2D eigenvalue weighted by Crippen LogP contribution is -2.13. The number of carboxylic acids is 1. The average molecular weight is 429 g/mol. The Bertz CT molecular complexity index is 1260. The number of anilines is 1. The largest absolute Gasteiger partial charge is 0.497 e. The minimum Gasteiger partial charge on any atom is -0.497 e. The summed E-state index contributed by atoms with van der Waals surface area (Å²) in [6.45, 7) is 5.51. The predicted octanol–water partition coefficient (Wildman–Crippen LogP) is 4.66. The summed E-state index contributed by atoms with van der Waals surface area (Å²) >= 11 is 0. The molecule has 0 aliphatic carbocycles. The maximum Gasteiger partial charge on any atom is 0.336 e. The number of nitriles is 1. The molecular formula is C25H23N3O4. The fraction of sp³-hybridized carbons (Fsp3) is 0.160. The fourth-order valence-corrected chi connectivity index (χ4v) is 3.58. The number of carbonyl (C=O) groups is 2. The van der Waals surface area contributed by atoms with Gasteiger partial charge in [-0.25, -0.2) is 4.79 Å². The van der Waals surface area contributed by atoms with Gasteiger partial charge in [0, 0.05) is 22.8 Å². The fourth-order valence-electron chi connectivity index (χ4n) is 3.58. The van der Waals surface area contributed by atoms with Crippen LogP contribution in [0.5, 0.6) is 5.75 Å². The van der Waals surface area contributed by atoms with E-state index in [-0.39, 0.29) is 11.1 Å². The molecule has 3 aromatic rings. The molecule has 0 radical (unpaired) electrons. The lowest BCUT2D eigenvalue weighted by atomic mass is 10.1. The van der Waals surface area contributed by atoms with Crippen molar-refractivity contribution in [1.29, 1.82) is 5.26 Å². The number of carboxylic acid groups (broad SMARTS) is 1. The lowest BCUT2D eigenvalue weighted by molar-refractivity contribution is -0.112. The van der Waals surface area contributed by atoms with Crippen LogP contribution in [-0.2, 0) is 4.79 Å². The zero-order valence-corrected chi connectivity index (χ0v) is 18.3. The number of aromatic carboxylic acids is 1. The van der Waals surface area contributed by atoms with Gasteiger partial charge in [0.15, 0.2) is 0 Å². The van der Waals surface area contributed by atoms with E-state index in [4.69, 9.17) is 4.74 Å². The molecule has 0 saturated heterocycles. The van der Waals surface area contributed by atoms with Gasteiger partial charge in [-0.15, -0.1) is 0 Å². The van der Waals surface area contributed by atoms with E-state index in [0.29, 0.717) is 22.6 Å². The van der Waals surface area contributed by atoms with E-state index in [1.54, 1.807) is 50.4 Å². The third-order valence-corrected chi connectivity index (χ3v) is 5.26. The van der Waals surface area contributed by atoms with E-state index in [1.807, 2.05) is 36.6 Å². The summed E-state index contributed by atoms with van der Waals surface area (Å²) in [5.41, 5.74) is 4.44. The van der Waals surface area contributed by atoms with Crippen LogP contribution in [0, 0.1) is 32.1 Å². The van der Waals surface area contributed by atoms with Gasteiger partial charge < -0.3 is 19.7 Å². The monoisotopic (exact) mass is 429 g/mol. The average Bonchev–Trinajstić information content (AvgIpc) is 3.05. The van der Waals surface area contributed by atoms with Crippen molar-refractivity contribution in [1.82, 2.24) is 4.57 Å². The van der Waals surface area contributed by atoms with Crippen LogP contribution in [-0.4, -0.2) is 28.7 Å². The van der Waals surface area contributed by atoms with Crippen molar-refractivity contribution in [2.45, 2.75) is 20.8 Å². The van der Waals surface area contributed by atoms with Crippen LogP contribution in [0.1, 0.15) is 32.9 Å². The SMILES string of the molecule is COc1ccc(NC(=O)/C(C#N)=C\c2cc(C)n(-c3cccc(C(=O)O)c3C)c2C)cc1. The Morgan fingerprint density at radius 2 is 1.81 bits per heavy atom. The number of nitrogens with zero attached hydrogens (tertiary/aromatic N) is 2. The van der Waals surface area contributed by atoms with Gasteiger partial charge in [-0.3, -0.25) is 4.79 Å². The molecule has 2 N–H and O–H groups in total. The number of aryl methyl sites for hydroxylation is 1. The van der Waals surface area contributed by atoms with Crippen molar-refractivity contribution in [2.75, 3.05) is 12.4 Å². The van der Waals surface area contributed by atoms with Crippen molar-refractivity contribution in [2.24, 2.45) is 0 Å². The first-order valence-electron chi connectivity index (χ1n) is 9.86. The molecule has 3 rings (SSSR count). The van der Waals surface area contributed by atoms with Gasteiger partial charge >= 0.3 is 5.97 Å². The summed E-state index contributed by atoms with van der Waals surface area (Å²) in [6.07, 6.45) is 1.54. The molecular weight excluding hydrogens is 406 g/mol. The number of nitrogens with one attached hydrogen (secondary N) is 1. The number of benzene rings is 2. The third kappa shape index (κ3) is 4.40. The standard InChI is InChI=1S/C25H23N3O4/c1-15-12-18(17(3)28(15)23-7-5-6-22(16(23)2)25(30)31)13-19(14-26)24(29)27-20-8-10-21(32-4)11-9-20/h5-13H,1-4H3,(H,27,29)(H,30,31)/b19-13-. The van der Waals surface area contributed by atoms with Crippen LogP contribution >= 0.6 is 0 Å². The Kier molecular flexibility index (Phi) is 6.45. The van der Waals surface area contributed by atoms with Crippen LogP contribution < -0.4 is 10.1 Å². The van der Waals surface area contributed by atoms with Gasteiger partial charge in [-0.05, 0) is 80.4 Å². The Hall–Kier alpha value is -4.31. The predicted molar refractivity (Wildman–Crippen MR) is 122 cm³/mol. The van der Waals surface area contributed by atoms with E-state index >= 15 is 0 Å². The molecule has 0 unspecified atom stereocenters.